The molecule has 0 bridgehead atoms. The van der Waals surface area contributed by atoms with Gasteiger partial charge in [-0.25, -0.2) is 9.78 Å². The Labute approximate surface area is 234 Å². The largest absolute Gasteiger partial charge is 0.490 e. The lowest BCUT2D eigenvalue weighted by molar-refractivity contribution is -0.152. The molecule has 1 fully saturated rings. The van der Waals surface area contributed by atoms with Gasteiger partial charge in [-0.15, -0.1) is 0 Å². The van der Waals surface area contributed by atoms with Crippen molar-refractivity contribution in [1.29, 1.82) is 0 Å². The summed E-state index contributed by atoms with van der Waals surface area (Å²) >= 11 is 0. The third-order valence-electron chi connectivity index (χ3n) is 6.47. The van der Waals surface area contributed by atoms with Crippen LogP contribution in [0.4, 0.5) is 11.8 Å². The van der Waals surface area contributed by atoms with Crippen molar-refractivity contribution in [1.82, 2.24) is 9.97 Å². The molecule has 1 saturated heterocycles. The van der Waals surface area contributed by atoms with Gasteiger partial charge in [-0.1, -0.05) is 24.3 Å². The minimum Gasteiger partial charge on any atom is -0.490 e. The topological polar surface area (TPSA) is 123 Å². The molecule has 10 heteroatoms. The predicted molar refractivity (Wildman–Crippen MR) is 151 cm³/mol. The second-order valence-electron chi connectivity index (χ2n) is 10.1. The zero-order valence-corrected chi connectivity index (χ0v) is 23.1. The summed E-state index contributed by atoms with van der Waals surface area (Å²) in [5.74, 6) is 1.70. The summed E-state index contributed by atoms with van der Waals surface area (Å²) in [4.78, 5) is 35.0. The molecule has 10 nitrogen and oxygen atoms in total. The number of carboxylic acid groups (broad SMARTS) is 1. The number of nitrogens with one attached hydrogen (secondary N) is 1. The van der Waals surface area contributed by atoms with Gasteiger partial charge >= 0.3 is 5.97 Å². The number of carboxylic acids is 1. The smallest absolute Gasteiger partial charge is 0.347 e. The van der Waals surface area contributed by atoms with Crippen molar-refractivity contribution in [2.75, 3.05) is 29.9 Å². The van der Waals surface area contributed by atoms with E-state index in [1.54, 1.807) is 24.4 Å². The summed E-state index contributed by atoms with van der Waals surface area (Å²) < 4.78 is 17.5. The Morgan fingerprint density at radius 1 is 1.10 bits per heavy atom. The molecule has 40 heavy (non-hydrogen) atoms. The highest BCUT2D eigenvalue weighted by atomic mass is 16.5. The van der Waals surface area contributed by atoms with E-state index in [9.17, 15) is 14.7 Å². The van der Waals surface area contributed by atoms with Crippen LogP contribution in [0.25, 0.3) is 0 Å². The second kappa shape index (κ2) is 13.1. The van der Waals surface area contributed by atoms with Gasteiger partial charge in [0, 0.05) is 19.2 Å². The number of benzene rings is 2. The second-order valence-corrected chi connectivity index (χ2v) is 10.1. The molecule has 0 aliphatic carbocycles. The average Bonchev–Trinajstić information content (AvgIpc) is 2.94. The number of ether oxygens (including phenoxy) is 3. The number of anilines is 2. The van der Waals surface area contributed by atoms with Gasteiger partial charge in [-0.2, -0.15) is 4.98 Å². The van der Waals surface area contributed by atoms with E-state index in [0.717, 1.165) is 36.4 Å². The van der Waals surface area contributed by atoms with E-state index in [0.29, 0.717) is 37.1 Å². The lowest BCUT2D eigenvalue weighted by Crippen LogP contribution is -2.42. The van der Waals surface area contributed by atoms with E-state index in [1.807, 2.05) is 43.3 Å². The Balaban J connectivity index is 1.30. The van der Waals surface area contributed by atoms with Crippen LogP contribution in [0.2, 0.25) is 0 Å². The highest BCUT2D eigenvalue weighted by Gasteiger charge is 2.29. The fourth-order valence-electron chi connectivity index (χ4n) is 4.31. The number of carbonyl (C=O) groups is 2. The van der Waals surface area contributed by atoms with Crippen LogP contribution < -0.4 is 24.4 Å². The molecule has 1 atom stereocenters. The van der Waals surface area contributed by atoms with Crippen LogP contribution in [0.1, 0.15) is 45.6 Å². The van der Waals surface area contributed by atoms with Crippen LogP contribution >= 0.6 is 0 Å². The molecule has 2 heterocycles. The van der Waals surface area contributed by atoms with E-state index in [4.69, 9.17) is 14.2 Å². The van der Waals surface area contributed by atoms with Crippen LogP contribution in [0, 0.1) is 0 Å². The molecule has 0 unspecified atom stereocenters. The predicted octanol–water partition coefficient (Wildman–Crippen LogP) is 4.74. The number of nitrogens with zero attached hydrogens (tertiary/aromatic N) is 3. The number of aliphatic carboxylic acids is 1. The van der Waals surface area contributed by atoms with Gasteiger partial charge in [0.2, 0.25) is 11.9 Å². The molecule has 1 amide bonds. The lowest BCUT2D eigenvalue weighted by Gasteiger charge is -2.33. The number of rotatable bonds is 12. The first kappa shape index (κ1) is 28.7. The number of carbonyl (C=O) groups excluding carboxylic acids is 1. The summed E-state index contributed by atoms with van der Waals surface area (Å²) in [7, 11) is 0. The molecule has 0 radical (unpaired) electrons. The third kappa shape index (κ3) is 7.84. The maximum atomic E-state index is 12.6. The molecular formula is C30H36N4O6. The standard InChI is InChI=1S/C30H36N4O6/c1-4-38-24-9-5-6-10-25(24)39-23-8-7-19-34(20-23)29-31-18-17-26(33-29)32-27(35)16-13-21-11-14-22(15-12-21)40-30(2,3)28(36)37/h5-6,9-12,14-15,17-18,23H,4,7-8,13,16,19-20H2,1-3H3,(H,36,37)(H,31,32,33,35)/t23-/m1/s1. The molecule has 2 N–H and O–H groups in total. The highest BCUT2D eigenvalue weighted by molar-refractivity contribution is 5.90. The molecule has 2 aromatic carbocycles. The van der Waals surface area contributed by atoms with Crippen molar-refractivity contribution in [3.05, 3.63) is 66.4 Å². The third-order valence-corrected chi connectivity index (χ3v) is 6.47. The first-order chi connectivity index (χ1) is 19.2. The minimum atomic E-state index is -1.32. The summed E-state index contributed by atoms with van der Waals surface area (Å²) in [5, 5.41) is 12.1. The van der Waals surface area contributed by atoms with Crippen molar-refractivity contribution >= 4 is 23.6 Å². The first-order valence-corrected chi connectivity index (χ1v) is 13.5. The number of aryl methyl sites for hydroxylation is 1. The fraction of sp³-hybridized carbons (Fsp3) is 0.400. The summed E-state index contributed by atoms with van der Waals surface area (Å²) in [5.41, 5.74) is -0.390. The Morgan fingerprint density at radius 3 is 2.58 bits per heavy atom. The van der Waals surface area contributed by atoms with E-state index < -0.39 is 11.6 Å². The van der Waals surface area contributed by atoms with Gasteiger partial charge in [0.05, 0.1) is 13.2 Å². The molecule has 212 valence electrons. The van der Waals surface area contributed by atoms with Gasteiger partial charge in [0.25, 0.3) is 0 Å². The molecule has 1 aliphatic rings. The molecule has 0 spiro atoms. The number of aromatic nitrogens is 2. The maximum absolute atomic E-state index is 12.6. The van der Waals surface area contributed by atoms with Gasteiger partial charge in [0.15, 0.2) is 17.1 Å². The van der Waals surface area contributed by atoms with Crippen LogP contribution in [0.15, 0.2) is 60.8 Å². The van der Waals surface area contributed by atoms with Crippen LogP contribution in [0.5, 0.6) is 17.2 Å². The quantitative estimate of drug-likeness (QED) is 0.330. The van der Waals surface area contributed by atoms with E-state index in [2.05, 4.69) is 20.2 Å². The Hall–Kier alpha value is -4.34. The van der Waals surface area contributed by atoms with Crippen LogP contribution in [-0.4, -0.2) is 58.4 Å². The number of para-hydroxylation sites is 2. The average molecular weight is 549 g/mol. The number of piperidine rings is 1. The number of hydrogen-bond acceptors (Lipinski definition) is 8. The summed E-state index contributed by atoms with van der Waals surface area (Å²) in [6.07, 6.45) is 4.23. The molecular weight excluding hydrogens is 512 g/mol. The van der Waals surface area contributed by atoms with Crippen molar-refractivity contribution in [2.24, 2.45) is 0 Å². The summed E-state index contributed by atoms with van der Waals surface area (Å²) in [6, 6.07) is 16.4. The lowest BCUT2D eigenvalue weighted by atomic mass is 10.1. The zero-order valence-electron chi connectivity index (χ0n) is 23.1. The molecule has 4 rings (SSSR count). The summed E-state index contributed by atoms with van der Waals surface area (Å²) in [6.45, 7) is 6.92. The monoisotopic (exact) mass is 548 g/mol. The normalized spacial score (nSPS) is 15.3. The molecule has 0 saturated carbocycles. The van der Waals surface area contributed by atoms with Gasteiger partial charge in [-0.05, 0) is 75.9 Å². The van der Waals surface area contributed by atoms with E-state index in [-0.39, 0.29) is 18.4 Å². The van der Waals surface area contributed by atoms with Gasteiger partial charge < -0.3 is 29.5 Å². The zero-order chi connectivity index (χ0) is 28.5. The SMILES string of the molecule is CCOc1ccccc1O[C@@H]1CCCN(c2nccc(NC(=O)CCc3ccc(OC(C)(C)C(=O)O)cc3)n2)C1. The highest BCUT2D eigenvalue weighted by Crippen LogP contribution is 2.30. The minimum absolute atomic E-state index is 0.0378. The van der Waals surface area contributed by atoms with Crippen molar-refractivity contribution in [3.63, 3.8) is 0 Å². The molecule has 3 aromatic rings. The van der Waals surface area contributed by atoms with E-state index in [1.165, 1.54) is 13.8 Å². The Bertz CT molecular complexity index is 1300. The first-order valence-electron chi connectivity index (χ1n) is 13.5. The van der Waals surface area contributed by atoms with Crippen molar-refractivity contribution in [2.45, 2.75) is 58.2 Å². The van der Waals surface area contributed by atoms with Gasteiger partial charge in [-0.3, -0.25) is 4.79 Å². The molecule has 1 aliphatic heterocycles. The van der Waals surface area contributed by atoms with Crippen molar-refractivity contribution < 1.29 is 28.9 Å². The molecule has 1 aromatic heterocycles. The fourth-order valence-corrected chi connectivity index (χ4v) is 4.31. The Morgan fingerprint density at radius 2 is 1.85 bits per heavy atom. The van der Waals surface area contributed by atoms with Crippen molar-refractivity contribution in [3.8, 4) is 17.2 Å². The van der Waals surface area contributed by atoms with Crippen LogP contribution in [-0.2, 0) is 16.0 Å². The van der Waals surface area contributed by atoms with Crippen LogP contribution in [0.3, 0.4) is 0 Å². The number of amides is 1. The van der Waals surface area contributed by atoms with E-state index >= 15 is 0 Å². The van der Waals surface area contributed by atoms with Gasteiger partial charge in [0.1, 0.15) is 17.7 Å². The maximum Gasteiger partial charge on any atom is 0.347 e. The number of hydrogen-bond donors (Lipinski definition) is 2. The Kier molecular flexibility index (Phi) is 9.42.